The largest absolute Gasteiger partial charge is 0.389 e. The van der Waals surface area contributed by atoms with Gasteiger partial charge in [-0.15, -0.1) is 0 Å². The van der Waals surface area contributed by atoms with Gasteiger partial charge in [-0.05, 0) is 66.5 Å². The third-order valence-corrected chi connectivity index (χ3v) is 4.45. The SMILES string of the molecule is CC(C)(O)CN1CCC[C@@H]1[C@H]1CCCN1CC(C)(C)O. The molecule has 118 valence electrons. The molecule has 20 heavy (non-hydrogen) atoms. The molecule has 0 bridgehead atoms. The normalized spacial score (nSPS) is 30.3. The van der Waals surface area contributed by atoms with Gasteiger partial charge in [0.05, 0.1) is 11.2 Å². The summed E-state index contributed by atoms with van der Waals surface area (Å²) in [6, 6.07) is 1.09. The summed E-state index contributed by atoms with van der Waals surface area (Å²) in [4.78, 5) is 4.93. The lowest BCUT2D eigenvalue weighted by Gasteiger charge is -2.39. The van der Waals surface area contributed by atoms with Crippen molar-refractivity contribution < 1.29 is 10.2 Å². The second-order valence-corrected chi connectivity index (χ2v) is 7.98. The van der Waals surface area contributed by atoms with Crippen molar-refractivity contribution in [3.8, 4) is 0 Å². The van der Waals surface area contributed by atoms with Gasteiger partial charge in [0.2, 0.25) is 0 Å². The van der Waals surface area contributed by atoms with Crippen LogP contribution in [0.25, 0.3) is 0 Å². The lowest BCUT2D eigenvalue weighted by atomic mass is 10.00. The zero-order valence-corrected chi connectivity index (χ0v) is 13.6. The second-order valence-electron chi connectivity index (χ2n) is 7.98. The molecule has 0 spiro atoms. The molecule has 0 saturated carbocycles. The highest BCUT2D eigenvalue weighted by molar-refractivity contribution is 4.96. The molecular weight excluding hydrogens is 252 g/mol. The molecule has 0 radical (unpaired) electrons. The van der Waals surface area contributed by atoms with E-state index in [4.69, 9.17) is 0 Å². The van der Waals surface area contributed by atoms with Crippen LogP contribution in [0, 0.1) is 0 Å². The van der Waals surface area contributed by atoms with Crippen LogP contribution in [0.15, 0.2) is 0 Å². The minimum atomic E-state index is -0.623. The zero-order chi connectivity index (χ0) is 15.0. The van der Waals surface area contributed by atoms with E-state index in [1.54, 1.807) is 0 Å². The van der Waals surface area contributed by atoms with Gasteiger partial charge >= 0.3 is 0 Å². The van der Waals surface area contributed by atoms with Crippen LogP contribution in [-0.4, -0.2) is 69.5 Å². The number of likely N-dealkylation sites (tertiary alicyclic amines) is 2. The van der Waals surface area contributed by atoms with Gasteiger partial charge in [0, 0.05) is 25.2 Å². The summed E-state index contributed by atoms with van der Waals surface area (Å²) in [6.45, 7) is 11.3. The predicted octanol–water partition coefficient (Wildman–Crippen LogP) is 1.46. The van der Waals surface area contributed by atoms with Gasteiger partial charge in [-0.25, -0.2) is 0 Å². The van der Waals surface area contributed by atoms with Crippen LogP contribution in [0.5, 0.6) is 0 Å². The fraction of sp³-hybridized carbons (Fsp3) is 1.00. The molecule has 4 heteroatoms. The number of β-amino-alcohol motifs (C(OH)–C–C–N with tert-alkyl or cyclic N) is 2. The number of hydrogen-bond acceptors (Lipinski definition) is 4. The molecule has 0 aromatic heterocycles. The number of rotatable bonds is 5. The van der Waals surface area contributed by atoms with Gasteiger partial charge in [-0.2, -0.15) is 0 Å². The molecule has 0 aromatic carbocycles. The van der Waals surface area contributed by atoms with E-state index in [9.17, 15) is 10.2 Å². The highest BCUT2D eigenvalue weighted by atomic mass is 16.3. The fourth-order valence-corrected chi connectivity index (χ4v) is 3.96. The smallest absolute Gasteiger partial charge is 0.0718 e. The van der Waals surface area contributed by atoms with E-state index in [0.717, 1.165) is 26.2 Å². The van der Waals surface area contributed by atoms with Gasteiger partial charge in [-0.3, -0.25) is 9.80 Å². The quantitative estimate of drug-likeness (QED) is 0.802. The van der Waals surface area contributed by atoms with Gasteiger partial charge in [0.1, 0.15) is 0 Å². The van der Waals surface area contributed by atoms with E-state index in [0.29, 0.717) is 12.1 Å². The fourth-order valence-electron chi connectivity index (χ4n) is 3.96. The number of nitrogens with zero attached hydrogens (tertiary/aromatic N) is 2. The van der Waals surface area contributed by atoms with Crippen molar-refractivity contribution in [2.45, 2.75) is 76.7 Å². The molecule has 0 unspecified atom stereocenters. The first-order valence-corrected chi connectivity index (χ1v) is 8.09. The summed E-state index contributed by atoms with van der Waals surface area (Å²) < 4.78 is 0. The number of hydrogen-bond donors (Lipinski definition) is 2. The summed E-state index contributed by atoms with van der Waals surface area (Å²) in [6.07, 6.45) is 4.91. The lowest BCUT2D eigenvalue weighted by molar-refractivity contribution is -0.00150. The van der Waals surface area contributed by atoms with Gasteiger partial charge < -0.3 is 10.2 Å². The Balaban J connectivity index is 2.01. The molecule has 0 aromatic rings. The van der Waals surface area contributed by atoms with Crippen LogP contribution in [0.3, 0.4) is 0 Å². The Bertz CT molecular complexity index is 287. The van der Waals surface area contributed by atoms with Gasteiger partial charge in [0.15, 0.2) is 0 Å². The molecule has 4 nitrogen and oxygen atoms in total. The number of aliphatic hydroxyl groups is 2. The third-order valence-electron chi connectivity index (χ3n) is 4.45. The van der Waals surface area contributed by atoms with Gasteiger partial charge in [0.25, 0.3) is 0 Å². The zero-order valence-electron chi connectivity index (χ0n) is 13.6. The van der Waals surface area contributed by atoms with Crippen LogP contribution in [0.4, 0.5) is 0 Å². The van der Waals surface area contributed by atoms with Crippen molar-refractivity contribution in [2.24, 2.45) is 0 Å². The first-order valence-electron chi connectivity index (χ1n) is 8.09. The van der Waals surface area contributed by atoms with Crippen LogP contribution in [-0.2, 0) is 0 Å². The third kappa shape index (κ3) is 4.42. The van der Waals surface area contributed by atoms with Crippen LogP contribution >= 0.6 is 0 Å². The van der Waals surface area contributed by atoms with E-state index >= 15 is 0 Å². The summed E-state index contributed by atoms with van der Waals surface area (Å²) in [5, 5.41) is 20.2. The Kier molecular flexibility index (Phi) is 4.80. The van der Waals surface area contributed by atoms with E-state index in [1.165, 1.54) is 25.7 Å². The first-order chi connectivity index (χ1) is 9.16. The van der Waals surface area contributed by atoms with E-state index in [2.05, 4.69) is 9.80 Å². The first kappa shape index (κ1) is 16.2. The average molecular weight is 284 g/mol. The monoisotopic (exact) mass is 284 g/mol. The molecule has 0 amide bonds. The van der Waals surface area contributed by atoms with Crippen molar-refractivity contribution in [1.82, 2.24) is 9.80 Å². The van der Waals surface area contributed by atoms with Crippen molar-refractivity contribution in [2.75, 3.05) is 26.2 Å². The summed E-state index contributed by atoms with van der Waals surface area (Å²) >= 11 is 0. The van der Waals surface area contributed by atoms with E-state index < -0.39 is 11.2 Å². The average Bonchev–Trinajstić information content (AvgIpc) is 2.82. The molecule has 2 aliphatic rings. The van der Waals surface area contributed by atoms with Crippen LogP contribution < -0.4 is 0 Å². The summed E-state index contributed by atoms with van der Waals surface area (Å²) in [5.74, 6) is 0. The molecule has 2 atom stereocenters. The molecule has 2 heterocycles. The van der Waals surface area contributed by atoms with Crippen molar-refractivity contribution >= 4 is 0 Å². The summed E-state index contributed by atoms with van der Waals surface area (Å²) in [5.41, 5.74) is -1.25. The Labute approximate surface area is 123 Å². The highest BCUT2D eigenvalue weighted by Gasteiger charge is 2.40. The molecule has 0 aliphatic carbocycles. The minimum Gasteiger partial charge on any atom is -0.389 e. The topological polar surface area (TPSA) is 46.9 Å². The van der Waals surface area contributed by atoms with Crippen molar-refractivity contribution in [1.29, 1.82) is 0 Å². The Morgan fingerprint density at radius 2 is 1.15 bits per heavy atom. The lowest BCUT2D eigenvalue weighted by Crippen LogP contribution is -2.52. The Hall–Kier alpha value is -0.160. The summed E-state index contributed by atoms with van der Waals surface area (Å²) in [7, 11) is 0. The van der Waals surface area contributed by atoms with Crippen molar-refractivity contribution in [3.05, 3.63) is 0 Å². The maximum absolute atomic E-state index is 10.1. The highest BCUT2D eigenvalue weighted by Crippen LogP contribution is 2.31. The predicted molar refractivity (Wildman–Crippen MR) is 81.8 cm³/mol. The Morgan fingerprint density at radius 3 is 1.45 bits per heavy atom. The maximum atomic E-state index is 10.1. The molecule has 2 fully saturated rings. The molecule has 2 rings (SSSR count). The molecule has 2 aliphatic heterocycles. The van der Waals surface area contributed by atoms with E-state index in [1.807, 2.05) is 27.7 Å². The minimum absolute atomic E-state index is 0.547. The standard InChI is InChI=1S/C16H32N2O2/c1-15(2,19)11-17-9-5-7-13(17)14-8-6-10-18(14)12-16(3,4)20/h13-14,19-20H,5-12H2,1-4H3/t13-,14-/m1/s1. The molecule has 2 N–H and O–H groups in total. The van der Waals surface area contributed by atoms with E-state index in [-0.39, 0.29) is 0 Å². The van der Waals surface area contributed by atoms with Crippen LogP contribution in [0.2, 0.25) is 0 Å². The molecular formula is C16H32N2O2. The second kappa shape index (κ2) is 5.91. The Morgan fingerprint density at radius 1 is 0.800 bits per heavy atom. The van der Waals surface area contributed by atoms with Gasteiger partial charge in [-0.1, -0.05) is 0 Å². The van der Waals surface area contributed by atoms with Crippen LogP contribution in [0.1, 0.15) is 53.4 Å². The maximum Gasteiger partial charge on any atom is 0.0718 e. The molecule has 2 saturated heterocycles. The van der Waals surface area contributed by atoms with Crippen molar-refractivity contribution in [3.63, 3.8) is 0 Å².